The molecule has 9 heteroatoms. The quantitative estimate of drug-likeness (QED) is 0.152. The number of thiocarbonyl (C=S) groups is 1. The molecule has 1 amide bonds. The van der Waals surface area contributed by atoms with Crippen LogP contribution in [0.1, 0.15) is 36.0 Å². The molecule has 0 radical (unpaired) electrons. The summed E-state index contributed by atoms with van der Waals surface area (Å²) >= 11 is 7.53. The van der Waals surface area contributed by atoms with Crippen molar-refractivity contribution in [3.05, 3.63) is 120 Å². The number of nitrogens with zero attached hydrogens (tertiary/aromatic N) is 2. The number of nitrogens with one attached hydrogen (secondary N) is 2. The number of aliphatic hydroxyl groups excluding tert-OH is 1. The molecule has 0 bridgehead atoms. The van der Waals surface area contributed by atoms with Crippen molar-refractivity contribution < 1.29 is 14.6 Å². The molecule has 2 aliphatic heterocycles. The number of likely N-dealkylation sites (tertiary alicyclic amines) is 1. The maximum absolute atomic E-state index is 13.3. The fourth-order valence-electron chi connectivity index (χ4n) is 5.87. The lowest BCUT2D eigenvalue weighted by Crippen LogP contribution is -2.52. The number of piperidine rings is 1. The van der Waals surface area contributed by atoms with Crippen molar-refractivity contribution in [2.75, 3.05) is 32.8 Å². The van der Waals surface area contributed by atoms with E-state index in [1.807, 2.05) is 35.0 Å². The third-order valence-corrected chi connectivity index (χ3v) is 9.92. The number of aliphatic hydroxyl groups is 1. The zero-order chi connectivity index (χ0) is 30.1. The Morgan fingerprint density at radius 1 is 0.977 bits per heavy atom. The van der Waals surface area contributed by atoms with Crippen LogP contribution in [0.5, 0.6) is 0 Å². The van der Waals surface area contributed by atoms with Crippen molar-refractivity contribution in [2.45, 2.75) is 41.5 Å². The van der Waals surface area contributed by atoms with E-state index in [1.165, 1.54) is 16.7 Å². The summed E-state index contributed by atoms with van der Waals surface area (Å²) in [6, 6.07) is 31.8. The molecule has 2 saturated heterocycles. The molecule has 2 fully saturated rings. The van der Waals surface area contributed by atoms with Crippen LogP contribution in [0.4, 0.5) is 4.79 Å². The maximum atomic E-state index is 13.3. The standard InChI is InChI=1S/C34H40N4O3S2/c1-2-22-41-33(40)38-25-30(23-31(38)35-24-32(42)36-37-20-18-29(39)19-21-37)43-34(26-12-6-3-7-13-26,27-14-8-4-9-15-27)28-16-10-5-11-17-28/h2-17,29-31,35,39H,1,18-25H2,(H,36,42). The SMILES string of the molecule is C=CCOC(=O)N1CC(SC(c2ccccc2)(c2ccccc2)c2ccccc2)CC1NCC(=S)NN1CCC(O)CC1. The number of hydrogen-bond acceptors (Lipinski definition) is 7. The molecular formula is C34H40N4O3S2. The zero-order valence-electron chi connectivity index (χ0n) is 24.3. The highest BCUT2D eigenvalue weighted by Gasteiger charge is 2.44. The first-order valence-corrected chi connectivity index (χ1v) is 16.1. The summed E-state index contributed by atoms with van der Waals surface area (Å²) in [4.78, 5) is 15.7. The Bertz CT molecular complexity index is 1240. The van der Waals surface area contributed by atoms with Gasteiger partial charge in [0.25, 0.3) is 0 Å². The van der Waals surface area contributed by atoms with E-state index in [0.717, 1.165) is 32.4 Å². The van der Waals surface area contributed by atoms with Crippen molar-refractivity contribution in [3.63, 3.8) is 0 Å². The normalized spacial score (nSPS) is 19.6. The molecule has 226 valence electrons. The molecule has 2 unspecified atom stereocenters. The van der Waals surface area contributed by atoms with Gasteiger partial charge in [-0.15, -0.1) is 11.8 Å². The lowest BCUT2D eigenvalue weighted by atomic mass is 9.84. The molecule has 2 heterocycles. The third kappa shape index (κ3) is 7.66. The highest BCUT2D eigenvalue weighted by atomic mass is 32.2. The number of carbonyl (C=O) groups excluding carboxylic acids is 1. The highest BCUT2D eigenvalue weighted by molar-refractivity contribution is 8.01. The minimum Gasteiger partial charge on any atom is -0.445 e. The second-order valence-corrected chi connectivity index (χ2v) is 12.9. The number of carbonyl (C=O) groups is 1. The molecule has 3 aromatic rings. The molecule has 0 aromatic heterocycles. The van der Waals surface area contributed by atoms with Crippen molar-refractivity contribution in [2.24, 2.45) is 0 Å². The lowest BCUT2D eigenvalue weighted by molar-refractivity contribution is 0.0701. The average molecular weight is 617 g/mol. The van der Waals surface area contributed by atoms with Gasteiger partial charge in [0.2, 0.25) is 0 Å². The van der Waals surface area contributed by atoms with Crippen molar-refractivity contribution in [1.29, 1.82) is 0 Å². The lowest BCUT2D eigenvalue weighted by Gasteiger charge is -2.37. The van der Waals surface area contributed by atoms with E-state index in [1.54, 1.807) is 11.0 Å². The third-order valence-electron chi connectivity index (χ3n) is 7.95. The van der Waals surface area contributed by atoms with Gasteiger partial charge in [-0.1, -0.05) is 116 Å². The van der Waals surface area contributed by atoms with E-state index in [4.69, 9.17) is 17.0 Å². The first-order chi connectivity index (χ1) is 21.0. The fourth-order valence-corrected chi connectivity index (χ4v) is 7.91. The Labute approximate surface area is 264 Å². The van der Waals surface area contributed by atoms with Gasteiger partial charge in [0, 0.05) is 31.4 Å². The molecule has 0 spiro atoms. The van der Waals surface area contributed by atoms with Gasteiger partial charge in [0.05, 0.1) is 17.0 Å². The molecule has 0 saturated carbocycles. The summed E-state index contributed by atoms with van der Waals surface area (Å²) in [5.74, 6) is 0. The number of benzene rings is 3. The first kappa shape index (κ1) is 31.2. The van der Waals surface area contributed by atoms with Gasteiger partial charge in [0.1, 0.15) is 11.6 Å². The van der Waals surface area contributed by atoms with Gasteiger partial charge in [-0.05, 0) is 36.0 Å². The molecule has 2 aliphatic rings. The van der Waals surface area contributed by atoms with Gasteiger partial charge >= 0.3 is 6.09 Å². The van der Waals surface area contributed by atoms with Crippen LogP contribution in [0.2, 0.25) is 0 Å². The zero-order valence-corrected chi connectivity index (χ0v) is 25.9. The van der Waals surface area contributed by atoms with Crippen molar-refractivity contribution in [3.8, 4) is 0 Å². The smallest absolute Gasteiger partial charge is 0.411 e. The van der Waals surface area contributed by atoms with Crippen LogP contribution in [0, 0.1) is 0 Å². The summed E-state index contributed by atoms with van der Waals surface area (Å²) in [5, 5.41) is 15.5. The van der Waals surface area contributed by atoms with Crippen LogP contribution in [0.3, 0.4) is 0 Å². The molecule has 43 heavy (non-hydrogen) atoms. The van der Waals surface area contributed by atoms with Crippen LogP contribution in [0.25, 0.3) is 0 Å². The number of amides is 1. The first-order valence-electron chi connectivity index (χ1n) is 14.8. The molecule has 3 aromatic carbocycles. The van der Waals surface area contributed by atoms with Crippen molar-refractivity contribution in [1.82, 2.24) is 20.7 Å². The topological polar surface area (TPSA) is 77.1 Å². The van der Waals surface area contributed by atoms with Crippen LogP contribution < -0.4 is 10.7 Å². The summed E-state index contributed by atoms with van der Waals surface area (Å²) in [6.07, 6.45) is 2.89. The molecule has 2 atom stereocenters. The Morgan fingerprint density at radius 3 is 2.02 bits per heavy atom. The number of thioether (sulfide) groups is 1. The van der Waals surface area contributed by atoms with Crippen LogP contribution in [0.15, 0.2) is 104 Å². The van der Waals surface area contributed by atoms with Crippen molar-refractivity contribution >= 4 is 35.1 Å². The Hall–Kier alpha value is -3.21. The van der Waals surface area contributed by atoms with E-state index in [9.17, 15) is 9.90 Å². The second-order valence-electron chi connectivity index (χ2n) is 10.9. The van der Waals surface area contributed by atoms with Crippen LogP contribution >= 0.6 is 24.0 Å². The number of hydrazine groups is 1. The summed E-state index contributed by atoms with van der Waals surface area (Å²) in [5.41, 5.74) is 6.85. The van der Waals surface area contributed by atoms with Gasteiger partial charge in [0.15, 0.2) is 0 Å². The summed E-state index contributed by atoms with van der Waals surface area (Å²) in [7, 11) is 0. The van der Waals surface area contributed by atoms with E-state index in [-0.39, 0.29) is 30.2 Å². The monoisotopic (exact) mass is 616 g/mol. The van der Waals surface area contributed by atoms with E-state index >= 15 is 0 Å². The van der Waals surface area contributed by atoms with E-state index < -0.39 is 4.75 Å². The molecular weight excluding hydrogens is 577 g/mol. The van der Waals surface area contributed by atoms with Crippen LogP contribution in [-0.4, -0.2) is 76.4 Å². The van der Waals surface area contributed by atoms with Gasteiger partial charge in [-0.2, -0.15) is 0 Å². The Balaban J connectivity index is 1.40. The maximum Gasteiger partial charge on any atom is 0.411 e. The molecule has 0 aliphatic carbocycles. The molecule has 5 rings (SSSR count). The molecule has 3 N–H and O–H groups in total. The Morgan fingerprint density at radius 2 is 1.51 bits per heavy atom. The minimum atomic E-state index is -0.490. The van der Waals surface area contributed by atoms with Crippen LogP contribution in [-0.2, 0) is 9.48 Å². The largest absolute Gasteiger partial charge is 0.445 e. The second kappa shape index (κ2) is 15.0. The van der Waals surface area contributed by atoms with Gasteiger partial charge in [-0.3, -0.25) is 10.2 Å². The van der Waals surface area contributed by atoms with E-state index in [2.05, 4.69) is 90.1 Å². The summed E-state index contributed by atoms with van der Waals surface area (Å²) < 4.78 is 5.03. The number of ether oxygens (including phenoxy) is 1. The number of rotatable bonds is 11. The van der Waals surface area contributed by atoms with E-state index in [0.29, 0.717) is 18.1 Å². The fraction of sp³-hybridized carbons (Fsp3) is 0.353. The minimum absolute atomic E-state index is 0.0968. The predicted octanol–water partition coefficient (Wildman–Crippen LogP) is 5.31. The average Bonchev–Trinajstić information content (AvgIpc) is 3.46. The highest BCUT2D eigenvalue weighted by Crippen LogP contribution is 2.52. The predicted molar refractivity (Wildman–Crippen MR) is 178 cm³/mol. The van der Waals surface area contributed by atoms with Gasteiger partial charge in [-0.25, -0.2) is 9.80 Å². The number of hydrogen-bond donors (Lipinski definition) is 3. The van der Waals surface area contributed by atoms with Gasteiger partial charge < -0.3 is 15.3 Å². The Kier molecular flexibility index (Phi) is 10.9. The summed E-state index contributed by atoms with van der Waals surface area (Å²) in [6.45, 7) is 6.28. The molecule has 7 nitrogen and oxygen atoms in total.